The fraction of sp³-hybridized carbons (Fsp3) is 0.154. The van der Waals surface area contributed by atoms with E-state index in [1.54, 1.807) is 0 Å². The minimum Gasteiger partial charge on any atom is -0.346 e. The molecule has 0 saturated carbocycles. The van der Waals surface area contributed by atoms with Crippen LogP contribution in [0.5, 0.6) is 0 Å². The van der Waals surface area contributed by atoms with E-state index in [2.05, 4.69) is 48.2 Å². The molecule has 0 saturated heterocycles. The number of nitrogens with one attached hydrogen (secondary N) is 1. The Kier molecular flexibility index (Phi) is 6.40. The molecule has 0 amide bonds. The van der Waals surface area contributed by atoms with Crippen LogP contribution in [0.1, 0.15) is 30.5 Å². The van der Waals surface area contributed by atoms with E-state index in [0.717, 1.165) is 22.5 Å². The third-order valence-electron chi connectivity index (χ3n) is 5.16. The highest BCUT2D eigenvalue weighted by molar-refractivity contribution is 6.10. The van der Waals surface area contributed by atoms with Gasteiger partial charge in [0, 0.05) is 18.2 Å². The first kappa shape index (κ1) is 20.3. The van der Waals surface area contributed by atoms with Gasteiger partial charge in [-0.25, -0.2) is 4.99 Å². The van der Waals surface area contributed by atoms with E-state index in [4.69, 9.17) is 10.4 Å². The molecule has 0 spiro atoms. The Morgan fingerprint density at radius 1 is 0.828 bits per heavy atom. The maximum absolute atomic E-state index is 8.58. The van der Waals surface area contributed by atoms with Crippen molar-refractivity contribution in [3.8, 4) is 0 Å². The van der Waals surface area contributed by atoms with Crippen LogP contribution in [0.4, 0.5) is 0 Å². The molecule has 3 aromatic carbocycles. The maximum Gasteiger partial charge on any atom is 0.154 e. The van der Waals surface area contributed by atoms with Gasteiger partial charge in [0.05, 0.1) is 5.54 Å². The van der Waals surface area contributed by atoms with Crippen molar-refractivity contribution >= 4 is 11.7 Å². The summed E-state index contributed by atoms with van der Waals surface area (Å²) in [6.45, 7) is 4.20. The molecule has 0 aromatic heterocycles. The van der Waals surface area contributed by atoms with Gasteiger partial charge in [-0.1, -0.05) is 103 Å². The normalized spacial score (nSPS) is 13.8. The minimum atomic E-state index is -0.415. The molecule has 1 unspecified atom stereocenters. The number of allylic oxidation sites excluding steroid dienone is 1. The first-order valence-electron chi connectivity index (χ1n) is 9.77. The van der Waals surface area contributed by atoms with Crippen molar-refractivity contribution in [3.63, 3.8) is 0 Å². The smallest absolute Gasteiger partial charge is 0.154 e. The van der Waals surface area contributed by atoms with Gasteiger partial charge >= 0.3 is 0 Å². The van der Waals surface area contributed by atoms with Crippen molar-refractivity contribution in [2.75, 3.05) is 7.05 Å². The predicted octanol–water partition coefficient (Wildman–Crippen LogP) is 5.88. The molecule has 3 rings (SSSR count). The van der Waals surface area contributed by atoms with Crippen LogP contribution in [-0.4, -0.2) is 23.6 Å². The lowest BCUT2D eigenvalue weighted by Gasteiger charge is -2.39. The van der Waals surface area contributed by atoms with Crippen molar-refractivity contribution in [2.24, 2.45) is 4.99 Å². The van der Waals surface area contributed by atoms with Crippen molar-refractivity contribution in [3.05, 3.63) is 120 Å². The van der Waals surface area contributed by atoms with Crippen molar-refractivity contribution in [1.82, 2.24) is 4.90 Å². The van der Waals surface area contributed by atoms with E-state index in [9.17, 15) is 0 Å². The first-order chi connectivity index (χ1) is 14.1. The summed E-state index contributed by atoms with van der Waals surface area (Å²) in [6, 6.07) is 30.1. The number of amidine groups is 2. The molecule has 3 heteroatoms. The van der Waals surface area contributed by atoms with Crippen LogP contribution in [-0.2, 0) is 5.54 Å². The zero-order valence-corrected chi connectivity index (χ0v) is 17.2. The number of hydrogen-bond acceptors (Lipinski definition) is 1. The lowest BCUT2D eigenvalue weighted by Crippen LogP contribution is -2.44. The predicted molar refractivity (Wildman–Crippen MR) is 123 cm³/mol. The molecular formula is C26H27N3. The van der Waals surface area contributed by atoms with Gasteiger partial charge in [0.15, 0.2) is 5.84 Å². The summed E-state index contributed by atoms with van der Waals surface area (Å²) in [5.41, 5.74) is 2.52. The van der Waals surface area contributed by atoms with Gasteiger partial charge in [-0.15, -0.1) is 0 Å². The lowest BCUT2D eigenvalue weighted by molar-refractivity contribution is 0.300. The quantitative estimate of drug-likeness (QED) is 0.334. The van der Waals surface area contributed by atoms with Gasteiger partial charge in [0.25, 0.3) is 0 Å². The van der Waals surface area contributed by atoms with Crippen LogP contribution in [0.2, 0.25) is 0 Å². The molecule has 3 aromatic rings. The number of likely N-dealkylation sites (N-methyl/N-ethyl adjacent to an activating group) is 1. The Bertz CT molecular complexity index is 992. The highest BCUT2D eigenvalue weighted by Crippen LogP contribution is 2.30. The summed E-state index contributed by atoms with van der Waals surface area (Å²) < 4.78 is 0. The topological polar surface area (TPSA) is 39.5 Å². The highest BCUT2D eigenvalue weighted by atomic mass is 15.2. The molecule has 0 bridgehead atoms. The second-order valence-electron chi connectivity index (χ2n) is 7.09. The third-order valence-corrected chi connectivity index (χ3v) is 5.16. The number of hydrogen-bond donors (Lipinski definition) is 1. The Morgan fingerprint density at radius 3 is 1.83 bits per heavy atom. The van der Waals surface area contributed by atoms with Crippen molar-refractivity contribution in [2.45, 2.75) is 19.4 Å². The molecule has 0 aliphatic carbocycles. The van der Waals surface area contributed by atoms with Crippen LogP contribution in [0.15, 0.2) is 108 Å². The summed E-state index contributed by atoms with van der Waals surface area (Å²) in [6.07, 6.45) is 4.24. The van der Waals surface area contributed by atoms with E-state index in [-0.39, 0.29) is 5.84 Å². The van der Waals surface area contributed by atoms with E-state index < -0.39 is 5.54 Å². The summed E-state index contributed by atoms with van der Waals surface area (Å²) in [5, 5.41) is 8.58. The van der Waals surface area contributed by atoms with Gasteiger partial charge in [0.1, 0.15) is 5.84 Å². The monoisotopic (exact) mass is 381 g/mol. The minimum absolute atomic E-state index is 0.243. The highest BCUT2D eigenvalue weighted by Gasteiger charge is 2.31. The molecule has 1 N–H and O–H groups in total. The van der Waals surface area contributed by atoms with Crippen LogP contribution in [0.25, 0.3) is 0 Å². The number of benzene rings is 3. The van der Waals surface area contributed by atoms with Gasteiger partial charge in [-0.3, -0.25) is 5.41 Å². The van der Waals surface area contributed by atoms with E-state index in [1.165, 1.54) is 0 Å². The third kappa shape index (κ3) is 4.52. The summed E-state index contributed by atoms with van der Waals surface area (Å²) in [7, 11) is 2.04. The van der Waals surface area contributed by atoms with E-state index in [0.29, 0.717) is 0 Å². The van der Waals surface area contributed by atoms with Crippen LogP contribution in [0, 0.1) is 5.41 Å². The largest absolute Gasteiger partial charge is 0.346 e. The van der Waals surface area contributed by atoms with Crippen molar-refractivity contribution in [1.29, 1.82) is 5.41 Å². The van der Waals surface area contributed by atoms with Gasteiger partial charge in [-0.05, 0) is 19.4 Å². The van der Waals surface area contributed by atoms with Gasteiger partial charge in [0.2, 0.25) is 0 Å². The number of aliphatic imine (C=N–C) groups is 1. The Labute approximate surface area is 173 Å². The number of nitrogens with zero attached hydrogens (tertiary/aromatic N) is 2. The molecule has 3 nitrogen and oxygen atoms in total. The van der Waals surface area contributed by atoms with Gasteiger partial charge < -0.3 is 4.90 Å². The van der Waals surface area contributed by atoms with Gasteiger partial charge in [-0.2, -0.15) is 0 Å². The molecule has 0 aliphatic heterocycles. The first-order valence-corrected chi connectivity index (χ1v) is 9.77. The second kappa shape index (κ2) is 9.16. The molecule has 0 heterocycles. The van der Waals surface area contributed by atoms with Crippen LogP contribution >= 0.6 is 0 Å². The molecular weight excluding hydrogens is 354 g/mol. The maximum atomic E-state index is 8.58. The average Bonchev–Trinajstić information content (AvgIpc) is 2.78. The standard InChI is InChI=1S/C26H27N3/c1-4-20-26(2,23-18-12-7-13-19-23)29(3)25(22-16-10-6-11-17-22)28-24(27)21-14-8-5-9-15-21/h4-20,27H,1-3H3/b20-4-,27-24?,28-25?. The fourth-order valence-corrected chi connectivity index (χ4v) is 3.41. The molecule has 146 valence electrons. The molecule has 0 aliphatic rings. The second-order valence-corrected chi connectivity index (χ2v) is 7.09. The Balaban J connectivity index is 2.12. The van der Waals surface area contributed by atoms with E-state index in [1.807, 2.05) is 80.7 Å². The molecule has 1 atom stereocenters. The molecule has 0 radical (unpaired) electrons. The Hall–Kier alpha value is -3.46. The fourth-order valence-electron chi connectivity index (χ4n) is 3.41. The molecule has 29 heavy (non-hydrogen) atoms. The SMILES string of the molecule is C/C=C\C(C)(c1ccccc1)N(C)C(=NC(=N)c1ccccc1)c1ccccc1. The van der Waals surface area contributed by atoms with Crippen LogP contribution < -0.4 is 0 Å². The van der Waals surface area contributed by atoms with Crippen LogP contribution in [0.3, 0.4) is 0 Å². The zero-order chi connectivity index (χ0) is 20.7. The average molecular weight is 382 g/mol. The Morgan fingerprint density at radius 2 is 1.31 bits per heavy atom. The molecule has 0 fully saturated rings. The van der Waals surface area contributed by atoms with E-state index >= 15 is 0 Å². The summed E-state index contributed by atoms with van der Waals surface area (Å²) in [5.74, 6) is 0.996. The zero-order valence-electron chi connectivity index (χ0n) is 17.2. The number of rotatable bonds is 5. The summed E-state index contributed by atoms with van der Waals surface area (Å²) in [4.78, 5) is 6.93. The summed E-state index contributed by atoms with van der Waals surface area (Å²) >= 11 is 0. The lowest BCUT2D eigenvalue weighted by atomic mass is 9.89. The van der Waals surface area contributed by atoms with Crippen molar-refractivity contribution < 1.29 is 0 Å².